The minimum atomic E-state index is -0.266. The molecule has 5 heteroatoms. The van der Waals surface area contributed by atoms with Crippen LogP contribution in [0.4, 0.5) is 0 Å². The number of benzene rings is 1. The number of carbonyl (C=O) groups is 2. The minimum Gasteiger partial charge on any atom is -0.313 e. The lowest BCUT2D eigenvalue weighted by Gasteiger charge is -2.39. The topological polar surface area (TPSA) is 60.9 Å². The third-order valence-corrected chi connectivity index (χ3v) is 5.17. The van der Waals surface area contributed by atoms with Gasteiger partial charge in [-0.25, -0.2) is 0 Å². The number of hydrogen-bond acceptors (Lipinski definition) is 4. The molecule has 1 unspecified atom stereocenters. The fourth-order valence-electron chi connectivity index (χ4n) is 3.87. The van der Waals surface area contributed by atoms with E-state index in [2.05, 4.69) is 12.1 Å². The fraction of sp³-hybridized carbons (Fsp3) is 0.579. The van der Waals surface area contributed by atoms with Crippen LogP contribution in [-0.2, 0) is 16.0 Å². The van der Waals surface area contributed by atoms with Crippen LogP contribution in [0, 0.1) is 5.92 Å². The number of aryl methyl sites for hydroxylation is 1. The summed E-state index contributed by atoms with van der Waals surface area (Å²) >= 11 is 0. The molecular weight excluding hydrogens is 304 g/mol. The Hall–Kier alpha value is -1.72. The van der Waals surface area contributed by atoms with Crippen molar-refractivity contribution in [2.75, 3.05) is 13.1 Å². The molecule has 1 saturated heterocycles. The predicted molar refractivity (Wildman–Crippen MR) is 90.3 cm³/mol. The molecule has 1 aliphatic heterocycles. The zero-order chi connectivity index (χ0) is 16.9. The number of amides is 2. The molecule has 3 rings (SSSR count). The van der Waals surface area contributed by atoms with Crippen molar-refractivity contribution in [3.05, 3.63) is 35.9 Å². The second kappa shape index (κ2) is 7.90. The van der Waals surface area contributed by atoms with E-state index in [0.717, 1.165) is 37.2 Å². The number of carbonyl (C=O) groups excluding carboxylic acids is 2. The second-order valence-corrected chi connectivity index (χ2v) is 6.96. The van der Waals surface area contributed by atoms with Crippen molar-refractivity contribution in [3.8, 4) is 0 Å². The van der Waals surface area contributed by atoms with Crippen molar-refractivity contribution in [3.63, 3.8) is 0 Å². The maximum atomic E-state index is 12.9. The van der Waals surface area contributed by atoms with Crippen LogP contribution in [0.1, 0.15) is 44.1 Å². The van der Waals surface area contributed by atoms with Crippen LogP contribution in [-0.4, -0.2) is 46.1 Å². The molecule has 1 aromatic rings. The Bertz CT molecular complexity index is 569. The van der Waals surface area contributed by atoms with Crippen LogP contribution in [0.2, 0.25) is 0 Å². The smallest absolute Gasteiger partial charge is 0.246 e. The summed E-state index contributed by atoms with van der Waals surface area (Å²) in [5, 5.41) is 10.9. The number of hydroxylamine groups is 2. The van der Waals surface area contributed by atoms with E-state index < -0.39 is 0 Å². The van der Waals surface area contributed by atoms with Crippen LogP contribution in [0.15, 0.2) is 30.3 Å². The van der Waals surface area contributed by atoms with Gasteiger partial charge in [0.1, 0.15) is 6.54 Å². The number of imide groups is 1. The third kappa shape index (κ3) is 4.02. The van der Waals surface area contributed by atoms with E-state index in [1.807, 2.05) is 18.2 Å². The largest absolute Gasteiger partial charge is 0.313 e. The van der Waals surface area contributed by atoms with Crippen LogP contribution in [0.5, 0.6) is 0 Å². The van der Waals surface area contributed by atoms with E-state index in [9.17, 15) is 14.8 Å². The Morgan fingerprint density at radius 1 is 1.12 bits per heavy atom. The second-order valence-electron chi connectivity index (χ2n) is 6.96. The summed E-state index contributed by atoms with van der Waals surface area (Å²) < 4.78 is 0. The Balaban J connectivity index is 1.70. The SMILES string of the molecule is O=C1CN(O)CC(CCc2ccccc2)N1C(=O)C1CCCCC1. The Labute approximate surface area is 143 Å². The van der Waals surface area contributed by atoms with Crippen molar-refractivity contribution >= 4 is 11.8 Å². The molecular formula is C19H26N2O3. The van der Waals surface area contributed by atoms with E-state index in [0.29, 0.717) is 13.0 Å². The molecule has 1 atom stereocenters. The first-order chi connectivity index (χ1) is 11.6. The first-order valence-corrected chi connectivity index (χ1v) is 8.99. The van der Waals surface area contributed by atoms with Crippen molar-refractivity contribution in [1.82, 2.24) is 9.96 Å². The summed E-state index contributed by atoms with van der Waals surface area (Å²) in [5.41, 5.74) is 1.19. The number of nitrogens with zero attached hydrogens (tertiary/aromatic N) is 2. The maximum absolute atomic E-state index is 12.9. The summed E-state index contributed by atoms with van der Waals surface area (Å²) in [6.45, 7) is 0.261. The summed E-state index contributed by atoms with van der Waals surface area (Å²) in [7, 11) is 0. The molecule has 2 fully saturated rings. The van der Waals surface area contributed by atoms with Gasteiger partial charge in [-0.1, -0.05) is 49.6 Å². The highest BCUT2D eigenvalue weighted by Gasteiger charge is 2.39. The van der Waals surface area contributed by atoms with Crippen molar-refractivity contribution in [2.45, 2.75) is 51.0 Å². The number of rotatable bonds is 4. The van der Waals surface area contributed by atoms with Crippen molar-refractivity contribution < 1.29 is 14.8 Å². The summed E-state index contributed by atoms with van der Waals surface area (Å²) in [4.78, 5) is 26.8. The van der Waals surface area contributed by atoms with Crippen LogP contribution < -0.4 is 0 Å². The highest BCUT2D eigenvalue weighted by atomic mass is 16.5. The average Bonchev–Trinajstić information content (AvgIpc) is 2.60. The van der Waals surface area contributed by atoms with Crippen LogP contribution in [0.3, 0.4) is 0 Å². The molecule has 1 heterocycles. The van der Waals surface area contributed by atoms with Crippen molar-refractivity contribution in [2.24, 2.45) is 5.92 Å². The lowest BCUT2D eigenvalue weighted by molar-refractivity contribution is -0.176. The van der Waals surface area contributed by atoms with Gasteiger partial charge in [-0.2, -0.15) is 5.06 Å². The average molecular weight is 330 g/mol. The summed E-state index contributed by atoms with van der Waals surface area (Å²) in [6, 6.07) is 9.81. The van der Waals surface area contributed by atoms with E-state index in [1.54, 1.807) is 0 Å². The predicted octanol–water partition coefficient (Wildman–Crippen LogP) is 2.63. The Morgan fingerprint density at radius 2 is 1.83 bits per heavy atom. The maximum Gasteiger partial charge on any atom is 0.246 e. The van der Waals surface area contributed by atoms with Gasteiger partial charge in [-0.15, -0.1) is 0 Å². The molecule has 130 valence electrons. The zero-order valence-electron chi connectivity index (χ0n) is 14.1. The number of piperazine rings is 1. The Morgan fingerprint density at radius 3 is 2.54 bits per heavy atom. The van der Waals surface area contributed by atoms with Gasteiger partial charge >= 0.3 is 0 Å². The van der Waals surface area contributed by atoms with Crippen LogP contribution >= 0.6 is 0 Å². The van der Waals surface area contributed by atoms with Gasteiger partial charge in [0, 0.05) is 12.5 Å². The molecule has 1 saturated carbocycles. The normalized spacial score (nSPS) is 23.5. The van der Waals surface area contributed by atoms with Crippen molar-refractivity contribution in [1.29, 1.82) is 0 Å². The molecule has 24 heavy (non-hydrogen) atoms. The standard InChI is InChI=1S/C19H26N2O3/c22-18-14-20(24)13-17(12-11-15-7-3-1-4-8-15)21(18)19(23)16-9-5-2-6-10-16/h1,3-4,7-8,16-17,24H,2,5-6,9-14H2. The van der Waals surface area contributed by atoms with Gasteiger partial charge in [-0.3, -0.25) is 14.5 Å². The molecule has 5 nitrogen and oxygen atoms in total. The Kier molecular flexibility index (Phi) is 5.63. The lowest BCUT2D eigenvalue weighted by Crippen LogP contribution is -2.59. The summed E-state index contributed by atoms with van der Waals surface area (Å²) in [6.07, 6.45) is 6.57. The molecule has 2 amide bonds. The monoisotopic (exact) mass is 330 g/mol. The molecule has 0 radical (unpaired) electrons. The minimum absolute atomic E-state index is 0.0211. The van der Waals surface area contributed by atoms with E-state index in [-0.39, 0.29) is 30.3 Å². The van der Waals surface area contributed by atoms with Gasteiger partial charge in [0.05, 0.1) is 6.04 Å². The van der Waals surface area contributed by atoms with E-state index in [4.69, 9.17) is 0 Å². The van der Waals surface area contributed by atoms with E-state index in [1.165, 1.54) is 16.9 Å². The van der Waals surface area contributed by atoms with Gasteiger partial charge in [0.15, 0.2) is 0 Å². The van der Waals surface area contributed by atoms with Crippen LogP contribution in [0.25, 0.3) is 0 Å². The molecule has 0 spiro atoms. The van der Waals surface area contributed by atoms with Gasteiger partial charge in [0.2, 0.25) is 11.8 Å². The van der Waals surface area contributed by atoms with Gasteiger partial charge in [-0.05, 0) is 31.2 Å². The first-order valence-electron chi connectivity index (χ1n) is 8.99. The zero-order valence-corrected chi connectivity index (χ0v) is 14.1. The molecule has 1 N–H and O–H groups in total. The number of hydrogen-bond donors (Lipinski definition) is 1. The highest BCUT2D eigenvalue weighted by Crippen LogP contribution is 2.28. The quantitative estimate of drug-likeness (QED) is 0.862. The van der Waals surface area contributed by atoms with E-state index >= 15 is 0 Å². The molecule has 1 aromatic carbocycles. The molecule has 1 aliphatic carbocycles. The third-order valence-electron chi connectivity index (χ3n) is 5.17. The summed E-state index contributed by atoms with van der Waals surface area (Å²) in [5.74, 6) is -0.310. The molecule has 0 bridgehead atoms. The molecule has 0 aromatic heterocycles. The van der Waals surface area contributed by atoms with Gasteiger partial charge < -0.3 is 5.21 Å². The highest BCUT2D eigenvalue weighted by molar-refractivity contribution is 5.98. The fourth-order valence-corrected chi connectivity index (χ4v) is 3.87. The first kappa shape index (κ1) is 17.1. The molecule has 2 aliphatic rings. The lowest BCUT2D eigenvalue weighted by atomic mass is 9.87. The van der Waals surface area contributed by atoms with Gasteiger partial charge in [0.25, 0.3) is 0 Å².